The van der Waals surface area contributed by atoms with Gasteiger partial charge in [0.05, 0.1) is 17.2 Å². The Morgan fingerprint density at radius 2 is 1.97 bits per heavy atom. The van der Waals surface area contributed by atoms with E-state index in [2.05, 4.69) is 15.5 Å². The number of rotatable bonds is 6. The first-order chi connectivity index (χ1) is 13.8. The molecule has 29 heavy (non-hydrogen) atoms. The van der Waals surface area contributed by atoms with Gasteiger partial charge in [-0.15, -0.1) is 5.10 Å². The predicted octanol–water partition coefficient (Wildman–Crippen LogP) is 2.04. The van der Waals surface area contributed by atoms with E-state index in [1.165, 1.54) is 22.9 Å². The van der Waals surface area contributed by atoms with E-state index in [-0.39, 0.29) is 34.9 Å². The lowest BCUT2D eigenvalue weighted by molar-refractivity contribution is -0.384. The number of carbonyl (C=O) groups excluding carboxylic acids is 1. The summed E-state index contributed by atoms with van der Waals surface area (Å²) < 4.78 is 2.84. The number of hydrogen-bond acceptors (Lipinski definition) is 6. The molecule has 0 aliphatic rings. The molecular formula is C18H17ClN6O4. The number of hydrogen-bond donors (Lipinski definition) is 1. The zero-order valence-corrected chi connectivity index (χ0v) is 16.4. The van der Waals surface area contributed by atoms with Gasteiger partial charge in [-0.1, -0.05) is 11.6 Å². The van der Waals surface area contributed by atoms with Crippen LogP contribution in [0.3, 0.4) is 0 Å². The largest absolute Gasteiger partial charge is 0.350 e. The van der Waals surface area contributed by atoms with Crippen molar-refractivity contribution in [3.8, 4) is 5.82 Å². The van der Waals surface area contributed by atoms with Crippen molar-refractivity contribution >= 4 is 23.2 Å². The second-order valence-corrected chi connectivity index (χ2v) is 6.68. The molecule has 0 aliphatic heterocycles. The highest BCUT2D eigenvalue weighted by Crippen LogP contribution is 2.24. The number of nitro benzene ring substituents is 1. The molecule has 150 valence electrons. The normalized spacial score (nSPS) is 10.7. The molecule has 3 aromatic rings. The van der Waals surface area contributed by atoms with E-state index in [0.717, 1.165) is 17.5 Å². The van der Waals surface area contributed by atoms with Crippen molar-refractivity contribution in [2.24, 2.45) is 0 Å². The summed E-state index contributed by atoms with van der Waals surface area (Å²) in [6.45, 7) is 3.95. The zero-order valence-electron chi connectivity index (χ0n) is 15.6. The second kappa shape index (κ2) is 8.23. The van der Waals surface area contributed by atoms with Crippen LogP contribution in [0.15, 0.2) is 41.2 Å². The Bertz CT molecular complexity index is 1150. The average molecular weight is 417 g/mol. The van der Waals surface area contributed by atoms with E-state index >= 15 is 0 Å². The van der Waals surface area contributed by atoms with Crippen LogP contribution < -0.4 is 10.9 Å². The van der Waals surface area contributed by atoms with Crippen LogP contribution >= 0.6 is 11.6 Å². The Hall–Kier alpha value is -3.53. The summed E-state index contributed by atoms with van der Waals surface area (Å²) >= 11 is 5.75. The van der Waals surface area contributed by atoms with Crippen molar-refractivity contribution in [3.63, 3.8) is 0 Å². The lowest BCUT2D eigenvalue weighted by Crippen LogP contribution is -2.32. The van der Waals surface area contributed by atoms with Crippen LogP contribution in [0.5, 0.6) is 0 Å². The van der Waals surface area contributed by atoms with Crippen LogP contribution in [0.2, 0.25) is 5.02 Å². The third-order valence-corrected chi connectivity index (χ3v) is 4.41. The lowest BCUT2D eigenvalue weighted by Gasteiger charge is -2.09. The molecule has 2 aromatic heterocycles. The van der Waals surface area contributed by atoms with Gasteiger partial charge in [0.2, 0.25) is 0 Å². The van der Waals surface area contributed by atoms with E-state index in [4.69, 9.17) is 11.6 Å². The maximum Gasteiger partial charge on any atom is 0.288 e. The average Bonchev–Trinajstić information content (AvgIpc) is 3.01. The topological polar surface area (TPSA) is 125 Å². The fourth-order valence-electron chi connectivity index (χ4n) is 2.74. The molecule has 3 rings (SSSR count). The highest BCUT2D eigenvalue weighted by molar-refractivity contribution is 6.32. The van der Waals surface area contributed by atoms with Crippen molar-refractivity contribution in [2.45, 2.75) is 20.4 Å². The van der Waals surface area contributed by atoms with Crippen molar-refractivity contribution in [3.05, 3.63) is 78.8 Å². The van der Waals surface area contributed by atoms with Gasteiger partial charge in [0.25, 0.3) is 17.2 Å². The fourth-order valence-corrected chi connectivity index (χ4v) is 2.93. The SMILES string of the molecule is Cc1cc(C)n(-c2ccc(=O)n(CCNC(=O)c3ccc(Cl)c([N+](=O)[O-])c3)n2)n1. The monoisotopic (exact) mass is 416 g/mol. The van der Waals surface area contributed by atoms with E-state index in [1.807, 2.05) is 19.9 Å². The molecule has 11 heteroatoms. The van der Waals surface area contributed by atoms with Gasteiger partial charge in [-0.25, -0.2) is 9.36 Å². The molecule has 0 atom stereocenters. The maximum absolute atomic E-state index is 12.2. The smallest absolute Gasteiger partial charge is 0.288 e. The molecule has 1 aromatic carbocycles. The van der Waals surface area contributed by atoms with Crippen molar-refractivity contribution in [1.29, 1.82) is 0 Å². The van der Waals surface area contributed by atoms with Crippen LogP contribution in [0.1, 0.15) is 21.7 Å². The summed E-state index contributed by atoms with van der Waals surface area (Å²) in [6, 6.07) is 8.62. The minimum Gasteiger partial charge on any atom is -0.350 e. The summed E-state index contributed by atoms with van der Waals surface area (Å²) in [7, 11) is 0. The van der Waals surface area contributed by atoms with Gasteiger partial charge < -0.3 is 5.32 Å². The Morgan fingerprint density at radius 3 is 2.62 bits per heavy atom. The van der Waals surface area contributed by atoms with Gasteiger partial charge in [-0.05, 0) is 38.1 Å². The van der Waals surface area contributed by atoms with Crippen molar-refractivity contribution < 1.29 is 9.72 Å². The summed E-state index contributed by atoms with van der Waals surface area (Å²) in [5.74, 6) is -0.0395. The first kappa shape index (κ1) is 20.2. The summed E-state index contributed by atoms with van der Waals surface area (Å²) in [4.78, 5) is 34.6. The van der Waals surface area contributed by atoms with Crippen LogP contribution in [0, 0.1) is 24.0 Å². The van der Waals surface area contributed by atoms with Crippen molar-refractivity contribution in [2.75, 3.05) is 6.54 Å². The Balaban J connectivity index is 1.71. The molecule has 0 spiro atoms. The van der Waals surface area contributed by atoms with Gasteiger partial charge >= 0.3 is 0 Å². The maximum atomic E-state index is 12.2. The highest BCUT2D eigenvalue weighted by atomic mass is 35.5. The number of halogens is 1. The minimum atomic E-state index is -0.660. The molecule has 0 bridgehead atoms. The summed E-state index contributed by atoms with van der Waals surface area (Å²) in [5.41, 5.74) is 1.11. The van der Waals surface area contributed by atoms with Gasteiger partial charge in [0.15, 0.2) is 5.82 Å². The number of amides is 1. The molecule has 0 radical (unpaired) electrons. The molecule has 1 N–H and O–H groups in total. The molecule has 1 amide bonds. The molecule has 0 saturated heterocycles. The van der Waals surface area contributed by atoms with E-state index in [1.54, 1.807) is 10.7 Å². The standard InChI is InChI=1S/C18H17ClN6O4/c1-11-9-12(2)24(21-11)16-5-6-17(26)23(22-16)8-7-20-18(27)13-3-4-14(19)15(10-13)25(28)29/h3-6,9-10H,7-8H2,1-2H3,(H,20,27). The van der Waals surface area contributed by atoms with Gasteiger partial charge in [-0.2, -0.15) is 5.10 Å². The van der Waals surface area contributed by atoms with Crippen LogP contribution in [0.4, 0.5) is 5.69 Å². The molecule has 10 nitrogen and oxygen atoms in total. The quantitative estimate of drug-likeness (QED) is 0.484. The van der Waals surface area contributed by atoms with Gasteiger partial charge in [0, 0.05) is 29.9 Å². The molecular weight excluding hydrogens is 400 g/mol. The molecule has 0 unspecified atom stereocenters. The molecule has 0 aliphatic carbocycles. The van der Waals surface area contributed by atoms with E-state index < -0.39 is 10.8 Å². The van der Waals surface area contributed by atoms with Crippen LogP contribution in [-0.4, -0.2) is 36.9 Å². The number of carbonyl (C=O) groups is 1. The predicted molar refractivity (Wildman–Crippen MR) is 106 cm³/mol. The Morgan fingerprint density at radius 1 is 1.21 bits per heavy atom. The lowest BCUT2D eigenvalue weighted by atomic mass is 10.2. The molecule has 2 heterocycles. The van der Waals surface area contributed by atoms with Gasteiger partial charge in [-0.3, -0.25) is 19.7 Å². The van der Waals surface area contributed by atoms with Crippen LogP contribution in [-0.2, 0) is 6.54 Å². The number of nitrogens with one attached hydrogen (secondary N) is 1. The molecule has 0 fully saturated rings. The minimum absolute atomic E-state index is 0.0525. The third-order valence-electron chi connectivity index (χ3n) is 4.09. The number of nitrogens with zero attached hydrogens (tertiary/aromatic N) is 5. The first-order valence-electron chi connectivity index (χ1n) is 8.60. The third kappa shape index (κ3) is 4.49. The van der Waals surface area contributed by atoms with Gasteiger partial charge in [0.1, 0.15) is 5.02 Å². The van der Waals surface area contributed by atoms with Crippen molar-refractivity contribution in [1.82, 2.24) is 24.9 Å². The number of nitro groups is 1. The second-order valence-electron chi connectivity index (χ2n) is 6.27. The van der Waals surface area contributed by atoms with Crippen LogP contribution in [0.25, 0.3) is 5.82 Å². The number of benzene rings is 1. The first-order valence-corrected chi connectivity index (χ1v) is 8.98. The number of aryl methyl sites for hydroxylation is 2. The Kier molecular flexibility index (Phi) is 5.74. The number of aromatic nitrogens is 4. The highest BCUT2D eigenvalue weighted by Gasteiger charge is 2.16. The summed E-state index contributed by atoms with van der Waals surface area (Å²) in [5, 5.41) is 22.1. The summed E-state index contributed by atoms with van der Waals surface area (Å²) in [6.07, 6.45) is 0. The zero-order chi connectivity index (χ0) is 21.1. The van der Waals surface area contributed by atoms with E-state index in [0.29, 0.717) is 5.82 Å². The Labute approximate surface area is 169 Å². The fraction of sp³-hybridized carbons (Fsp3) is 0.222. The molecule has 0 saturated carbocycles. The van der Waals surface area contributed by atoms with E-state index in [9.17, 15) is 19.7 Å².